The molecule has 1 aromatic rings. The summed E-state index contributed by atoms with van der Waals surface area (Å²) >= 11 is 0. The van der Waals surface area contributed by atoms with Gasteiger partial charge in [0.2, 0.25) is 5.84 Å². The number of likely N-dealkylation sites (N-methyl/N-ethyl adjacent to an activating group) is 1. The van der Waals surface area contributed by atoms with Gasteiger partial charge < -0.3 is 9.64 Å². The van der Waals surface area contributed by atoms with E-state index in [1.807, 2.05) is 11.9 Å². The fraction of sp³-hybridized carbons (Fsp3) is 0.529. The van der Waals surface area contributed by atoms with Crippen molar-refractivity contribution in [3.05, 3.63) is 30.1 Å². The van der Waals surface area contributed by atoms with Crippen LogP contribution in [-0.2, 0) is 9.53 Å². The highest BCUT2D eigenvalue weighted by Gasteiger charge is 2.26. The van der Waals surface area contributed by atoms with Gasteiger partial charge in [-0.05, 0) is 44.0 Å². The van der Waals surface area contributed by atoms with Crippen molar-refractivity contribution >= 4 is 17.5 Å². The van der Waals surface area contributed by atoms with E-state index in [1.165, 1.54) is 18.6 Å². The quantitative estimate of drug-likeness (QED) is 0.400. The normalized spacial score (nSPS) is 16.0. The number of carbonyl (C=O) groups excluding carboxylic acids is 1. The average Bonchev–Trinajstić information content (AvgIpc) is 2.57. The van der Waals surface area contributed by atoms with Gasteiger partial charge in [-0.15, -0.1) is 5.10 Å². The van der Waals surface area contributed by atoms with Crippen LogP contribution in [0.1, 0.15) is 39.0 Å². The number of halogens is 1. The molecular formula is C17H24FN3O2. The van der Waals surface area contributed by atoms with Crippen molar-refractivity contribution in [1.82, 2.24) is 4.90 Å². The van der Waals surface area contributed by atoms with Gasteiger partial charge in [0.1, 0.15) is 5.82 Å². The summed E-state index contributed by atoms with van der Waals surface area (Å²) in [4.78, 5) is 14.1. The van der Waals surface area contributed by atoms with E-state index in [9.17, 15) is 9.18 Å². The van der Waals surface area contributed by atoms with Crippen molar-refractivity contribution in [3.63, 3.8) is 0 Å². The molecule has 1 aromatic carbocycles. The van der Waals surface area contributed by atoms with Crippen molar-refractivity contribution in [2.24, 2.45) is 5.10 Å². The Kier molecular flexibility index (Phi) is 6.38. The fourth-order valence-corrected chi connectivity index (χ4v) is 2.75. The molecule has 0 aliphatic heterocycles. The summed E-state index contributed by atoms with van der Waals surface area (Å²) in [6, 6.07) is 6.12. The Morgan fingerprint density at radius 2 is 1.96 bits per heavy atom. The SMILES string of the molecule is CCOC(=O)/C(=N/Nc1ccc(F)cc1)N(C)C1CCCCC1. The lowest BCUT2D eigenvalue weighted by atomic mass is 9.94. The lowest BCUT2D eigenvalue weighted by Crippen LogP contribution is -2.43. The van der Waals surface area contributed by atoms with Crippen molar-refractivity contribution in [2.45, 2.75) is 45.1 Å². The summed E-state index contributed by atoms with van der Waals surface area (Å²) < 4.78 is 18.1. The molecular weight excluding hydrogens is 297 g/mol. The predicted octanol–water partition coefficient (Wildman–Crippen LogP) is 3.38. The van der Waals surface area contributed by atoms with Gasteiger partial charge in [0, 0.05) is 13.1 Å². The highest BCUT2D eigenvalue weighted by Crippen LogP contribution is 2.22. The van der Waals surface area contributed by atoms with Crippen LogP contribution in [0.3, 0.4) is 0 Å². The minimum Gasteiger partial charge on any atom is -0.460 e. The first kappa shape index (κ1) is 17.2. The summed E-state index contributed by atoms with van der Waals surface area (Å²) in [5.41, 5.74) is 3.43. The van der Waals surface area contributed by atoms with Gasteiger partial charge in [0.15, 0.2) is 0 Å². The molecule has 0 aromatic heterocycles. The molecule has 1 N–H and O–H groups in total. The van der Waals surface area contributed by atoms with Crippen LogP contribution < -0.4 is 5.43 Å². The van der Waals surface area contributed by atoms with Gasteiger partial charge in [0.25, 0.3) is 0 Å². The molecule has 6 heteroatoms. The van der Waals surface area contributed by atoms with Crippen molar-refractivity contribution < 1.29 is 13.9 Å². The molecule has 0 spiro atoms. The number of anilines is 1. The number of benzene rings is 1. The zero-order chi connectivity index (χ0) is 16.7. The van der Waals surface area contributed by atoms with Crippen LogP contribution in [0.5, 0.6) is 0 Å². The van der Waals surface area contributed by atoms with Crippen molar-refractivity contribution in [3.8, 4) is 0 Å². The van der Waals surface area contributed by atoms with E-state index in [1.54, 1.807) is 19.1 Å². The standard InChI is InChI=1S/C17H24FN3O2/c1-3-23-17(22)16(21(2)15-7-5-4-6-8-15)20-19-14-11-9-13(18)10-12-14/h9-12,15,19H,3-8H2,1-2H3/b20-16-. The maximum atomic E-state index is 12.9. The van der Waals surface area contributed by atoms with Crippen LogP contribution in [0.15, 0.2) is 29.4 Å². The highest BCUT2D eigenvalue weighted by molar-refractivity contribution is 6.35. The number of amidine groups is 1. The molecule has 0 amide bonds. The molecule has 0 heterocycles. The molecule has 126 valence electrons. The molecule has 1 aliphatic rings. The van der Waals surface area contributed by atoms with Crippen molar-refractivity contribution in [2.75, 3.05) is 19.1 Å². The van der Waals surface area contributed by atoms with Gasteiger partial charge in [0.05, 0.1) is 12.3 Å². The molecule has 0 saturated heterocycles. The number of carbonyl (C=O) groups is 1. The predicted molar refractivity (Wildman–Crippen MR) is 88.7 cm³/mol. The van der Waals surface area contributed by atoms with Gasteiger partial charge in [-0.1, -0.05) is 19.3 Å². The summed E-state index contributed by atoms with van der Waals surface area (Å²) in [7, 11) is 1.87. The largest absolute Gasteiger partial charge is 0.460 e. The minimum atomic E-state index is -0.449. The second kappa shape index (κ2) is 8.50. The van der Waals surface area contributed by atoms with Crippen molar-refractivity contribution in [1.29, 1.82) is 0 Å². The molecule has 5 nitrogen and oxygen atoms in total. The summed E-state index contributed by atoms with van der Waals surface area (Å²) in [6.07, 6.45) is 5.66. The topological polar surface area (TPSA) is 53.9 Å². The molecule has 1 aliphatic carbocycles. The summed E-state index contributed by atoms with van der Waals surface area (Å²) in [5, 5.41) is 4.21. The highest BCUT2D eigenvalue weighted by atomic mass is 19.1. The van der Waals surface area contributed by atoms with E-state index >= 15 is 0 Å². The van der Waals surface area contributed by atoms with E-state index < -0.39 is 5.97 Å². The maximum Gasteiger partial charge on any atom is 0.375 e. The van der Waals surface area contributed by atoms with Crippen LogP contribution in [0.4, 0.5) is 10.1 Å². The smallest absolute Gasteiger partial charge is 0.375 e. The Balaban J connectivity index is 2.13. The number of hydrogen-bond donors (Lipinski definition) is 1. The lowest BCUT2D eigenvalue weighted by molar-refractivity contribution is -0.136. The van der Waals surface area contributed by atoms with Gasteiger partial charge in [-0.3, -0.25) is 5.43 Å². The van der Waals surface area contributed by atoms with Gasteiger partial charge in [-0.25, -0.2) is 9.18 Å². The molecule has 0 unspecified atom stereocenters. The Morgan fingerprint density at radius 1 is 1.30 bits per heavy atom. The Labute approximate surface area is 136 Å². The molecule has 0 bridgehead atoms. The molecule has 23 heavy (non-hydrogen) atoms. The number of hydrazone groups is 1. The molecule has 1 fully saturated rings. The second-order valence-corrected chi connectivity index (χ2v) is 5.68. The van der Waals surface area contributed by atoms with E-state index in [4.69, 9.17) is 4.74 Å². The second-order valence-electron chi connectivity index (χ2n) is 5.68. The Hall–Kier alpha value is -2.11. The van der Waals surface area contributed by atoms with E-state index in [-0.39, 0.29) is 11.7 Å². The van der Waals surface area contributed by atoms with E-state index in [0.717, 1.165) is 25.7 Å². The summed E-state index contributed by atoms with van der Waals surface area (Å²) in [5.74, 6) is -0.511. The van der Waals surface area contributed by atoms with Gasteiger partial charge in [-0.2, -0.15) is 0 Å². The third-order valence-corrected chi connectivity index (χ3v) is 4.05. The van der Waals surface area contributed by atoms with Crippen LogP contribution in [0.2, 0.25) is 0 Å². The van der Waals surface area contributed by atoms with Crippen LogP contribution in [0.25, 0.3) is 0 Å². The number of rotatable bonds is 4. The molecule has 1 saturated carbocycles. The lowest BCUT2D eigenvalue weighted by Gasteiger charge is -2.32. The third kappa shape index (κ3) is 4.94. The van der Waals surface area contributed by atoms with Gasteiger partial charge >= 0.3 is 5.97 Å². The minimum absolute atomic E-state index is 0.253. The zero-order valence-electron chi connectivity index (χ0n) is 13.7. The molecule has 2 rings (SSSR count). The summed E-state index contributed by atoms with van der Waals surface area (Å²) in [6.45, 7) is 2.07. The first-order chi connectivity index (χ1) is 11.1. The molecule has 0 radical (unpaired) electrons. The van der Waals surface area contributed by atoms with Crippen LogP contribution >= 0.6 is 0 Å². The Morgan fingerprint density at radius 3 is 2.57 bits per heavy atom. The third-order valence-electron chi connectivity index (χ3n) is 4.05. The monoisotopic (exact) mass is 321 g/mol. The number of esters is 1. The zero-order valence-corrected chi connectivity index (χ0v) is 13.7. The van der Waals surface area contributed by atoms with Crippen LogP contribution in [0, 0.1) is 5.82 Å². The van der Waals surface area contributed by atoms with E-state index in [0.29, 0.717) is 18.3 Å². The average molecular weight is 321 g/mol. The molecule has 0 atom stereocenters. The maximum absolute atomic E-state index is 12.9. The first-order valence-corrected chi connectivity index (χ1v) is 8.11. The number of ether oxygens (including phenoxy) is 1. The first-order valence-electron chi connectivity index (χ1n) is 8.11. The number of hydrogen-bond acceptors (Lipinski definition) is 4. The van der Waals surface area contributed by atoms with E-state index in [2.05, 4.69) is 10.5 Å². The fourth-order valence-electron chi connectivity index (χ4n) is 2.75. The Bertz CT molecular complexity index is 539. The van der Waals surface area contributed by atoms with Crippen LogP contribution in [-0.4, -0.2) is 36.4 Å². The number of nitrogens with one attached hydrogen (secondary N) is 1. The number of nitrogens with zero attached hydrogens (tertiary/aromatic N) is 2.